The summed E-state index contributed by atoms with van der Waals surface area (Å²) in [5.41, 5.74) is 1.65. The van der Waals surface area contributed by atoms with Gasteiger partial charge in [-0.2, -0.15) is 0 Å². The van der Waals surface area contributed by atoms with Crippen LogP contribution >= 0.6 is 0 Å². The number of cyclic esters (lactones) is 2. The molecular weight excluding hydrogens is 300 g/mol. The molecule has 0 N–H and O–H groups in total. The van der Waals surface area contributed by atoms with Crippen molar-refractivity contribution in [1.82, 2.24) is 0 Å². The van der Waals surface area contributed by atoms with Crippen LogP contribution in [0.5, 0.6) is 17.2 Å². The Morgan fingerprint density at radius 3 is 1.96 bits per heavy atom. The van der Waals surface area contributed by atoms with Crippen molar-refractivity contribution in [2.75, 3.05) is 21.3 Å². The normalized spacial score (nSPS) is 15.7. The molecule has 0 spiro atoms. The predicted molar refractivity (Wildman–Crippen MR) is 83.5 cm³/mol. The highest BCUT2D eigenvalue weighted by molar-refractivity contribution is 6.20. The number of benzene rings is 1. The summed E-state index contributed by atoms with van der Waals surface area (Å²) in [6.07, 6.45) is 1.53. The lowest BCUT2D eigenvalue weighted by molar-refractivity contribution is -0.149. The Balaban J connectivity index is 2.69. The first-order chi connectivity index (χ1) is 10.9. The molecular formula is C17H18O6. The van der Waals surface area contributed by atoms with Crippen LogP contribution in [0.3, 0.4) is 0 Å². The van der Waals surface area contributed by atoms with Crippen molar-refractivity contribution in [3.63, 3.8) is 0 Å². The second kappa shape index (κ2) is 6.56. The standard InChI is InChI=1S/C17H18O6/c1-9(2)15-12(16(18)23-17(15)19)8-11-13(21-4)6-10(20-3)7-14(11)22-5/h6-8H,1-5H3/b12-8+. The second-order valence-corrected chi connectivity index (χ2v) is 5.06. The minimum Gasteiger partial charge on any atom is -0.496 e. The lowest BCUT2D eigenvalue weighted by atomic mass is 10.0. The zero-order chi connectivity index (χ0) is 17.1. The van der Waals surface area contributed by atoms with Crippen LogP contribution in [0.2, 0.25) is 0 Å². The van der Waals surface area contributed by atoms with Crippen molar-refractivity contribution in [3.05, 3.63) is 34.4 Å². The van der Waals surface area contributed by atoms with Crippen molar-refractivity contribution in [2.24, 2.45) is 0 Å². The minimum atomic E-state index is -0.689. The molecule has 0 radical (unpaired) electrons. The molecule has 6 nitrogen and oxygen atoms in total. The molecule has 0 saturated carbocycles. The summed E-state index contributed by atoms with van der Waals surface area (Å²) in [6.45, 7) is 3.48. The maximum atomic E-state index is 12.0. The first-order valence-electron chi connectivity index (χ1n) is 6.89. The molecule has 0 aromatic heterocycles. The largest absolute Gasteiger partial charge is 0.496 e. The Kier molecular flexibility index (Phi) is 4.74. The molecule has 0 amide bonds. The molecule has 1 fully saturated rings. The molecule has 1 aromatic carbocycles. The van der Waals surface area contributed by atoms with Crippen LogP contribution in [0.15, 0.2) is 28.9 Å². The predicted octanol–water partition coefficient (Wildman–Crippen LogP) is 2.52. The van der Waals surface area contributed by atoms with E-state index in [-0.39, 0.29) is 11.1 Å². The van der Waals surface area contributed by atoms with Crippen LogP contribution in [-0.4, -0.2) is 33.3 Å². The Bertz CT molecular complexity index is 698. The highest BCUT2D eigenvalue weighted by Gasteiger charge is 2.34. The molecule has 1 saturated heterocycles. The summed E-state index contributed by atoms with van der Waals surface area (Å²) >= 11 is 0. The smallest absolute Gasteiger partial charge is 0.346 e. The first-order valence-corrected chi connectivity index (χ1v) is 6.89. The molecule has 0 bridgehead atoms. The molecule has 2 rings (SSSR count). The van der Waals surface area contributed by atoms with Crippen LogP contribution in [-0.2, 0) is 14.3 Å². The fraction of sp³-hybridized carbons (Fsp3) is 0.294. The molecule has 1 aromatic rings. The van der Waals surface area contributed by atoms with Crippen molar-refractivity contribution in [1.29, 1.82) is 0 Å². The maximum absolute atomic E-state index is 12.0. The number of rotatable bonds is 4. The molecule has 0 unspecified atom stereocenters. The van der Waals surface area contributed by atoms with Gasteiger partial charge in [0.15, 0.2) is 0 Å². The summed E-state index contributed by atoms with van der Waals surface area (Å²) in [5.74, 6) is 0.120. The SMILES string of the molecule is COc1cc(OC)c(/C=C2/C(=O)OC(=O)C2=C(C)C)c(OC)c1. The van der Waals surface area contributed by atoms with Gasteiger partial charge in [-0.25, -0.2) is 9.59 Å². The summed E-state index contributed by atoms with van der Waals surface area (Å²) in [5, 5.41) is 0. The van der Waals surface area contributed by atoms with Crippen LogP contribution in [0.1, 0.15) is 19.4 Å². The molecule has 6 heteroatoms. The quantitative estimate of drug-likeness (QED) is 0.482. The van der Waals surface area contributed by atoms with Crippen LogP contribution in [0.4, 0.5) is 0 Å². The van der Waals surface area contributed by atoms with Crippen molar-refractivity contribution >= 4 is 18.0 Å². The van der Waals surface area contributed by atoms with E-state index in [4.69, 9.17) is 18.9 Å². The number of ether oxygens (including phenoxy) is 4. The molecule has 23 heavy (non-hydrogen) atoms. The molecule has 0 atom stereocenters. The second-order valence-electron chi connectivity index (χ2n) is 5.06. The highest BCUT2D eigenvalue weighted by Crippen LogP contribution is 2.38. The number of esters is 2. The summed E-state index contributed by atoms with van der Waals surface area (Å²) in [4.78, 5) is 23.8. The van der Waals surface area contributed by atoms with Crippen molar-refractivity contribution in [2.45, 2.75) is 13.8 Å². The summed E-state index contributed by atoms with van der Waals surface area (Å²) in [6, 6.07) is 3.33. The third kappa shape index (κ3) is 3.06. The lowest BCUT2D eigenvalue weighted by Gasteiger charge is -2.13. The van der Waals surface area contributed by atoms with E-state index in [1.807, 2.05) is 0 Å². The van der Waals surface area contributed by atoms with Gasteiger partial charge in [0, 0.05) is 12.1 Å². The average molecular weight is 318 g/mol. The van der Waals surface area contributed by atoms with Crippen molar-refractivity contribution < 1.29 is 28.5 Å². The van der Waals surface area contributed by atoms with Crippen molar-refractivity contribution in [3.8, 4) is 17.2 Å². The molecule has 1 aliphatic heterocycles. The Morgan fingerprint density at radius 1 is 0.957 bits per heavy atom. The maximum Gasteiger partial charge on any atom is 0.346 e. The minimum absolute atomic E-state index is 0.178. The average Bonchev–Trinajstić information content (AvgIpc) is 2.81. The third-order valence-electron chi connectivity index (χ3n) is 3.42. The van der Waals surface area contributed by atoms with E-state index in [0.717, 1.165) is 0 Å². The first kappa shape index (κ1) is 16.6. The zero-order valence-corrected chi connectivity index (χ0v) is 13.7. The van der Waals surface area contributed by atoms with Gasteiger partial charge in [0.2, 0.25) is 0 Å². The molecule has 1 heterocycles. The van der Waals surface area contributed by atoms with E-state index < -0.39 is 11.9 Å². The van der Waals surface area contributed by atoms with E-state index in [9.17, 15) is 9.59 Å². The molecule has 0 aliphatic carbocycles. The molecule has 122 valence electrons. The van der Waals surface area contributed by atoms with Gasteiger partial charge in [0.25, 0.3) is 0 Å². The van der Waals surface area contributed by atoms with Gasteiger partial charge >= 0.3 is 11.9 Å². The number of carbonyl (C=O) groups excluding carboxylic acids is 2. The van der Waals surface area contributed by atoms with E-state index in [0.29, 0.717) is 28.4 Å². The van der Waals surface area contributed by atoms with Crippen LogP contribution in [0, 0.1) is 0 Å². The monoisotopic (exact) mass is 318 g/mol. The number of hydrogen-bond acceptors (Lipinski definition) is 6. The van der Waals surface area contributed by atoms with Gasteiger partial charge in [-0.3, -0.25) is 0 Å². The number of allylic oxidation sites excluding steroid dienone is 1. The number of hydrogen-bond donors (Lipinski definition) is 0. The third-order valence-corrected chi connectivity index (χ3v) is 3.42. The number of methoxy groups -OCH3 is 3. The number of carbonyl (C=O) groups is 2. The van der Waals surface area contributed by atoms with E-state index in [1.54, 1.807) is 26.0 Å². The van der Waals surface area contributed by atoms with E-state index in [2.05, 4.69) is 0 Å². The fourth-order valence-electron chi connectivity index (χ4n) is 2.33. The Hall–Kier alpha value is -2.76. The van der Waals surface area contributed by atoms with E-state index in [1.165, 1.54) is 27.4 Å². The van der Waals surface area contributed by atoms with Gasteiger partial charge in [-0.15, -0.1) is 0 Å². The lowest BCUT2D eigenvalue weighted by Crippen LogP contribution is -1.99. The summed E-state index contributed by atoms with van der Waals surface area (Å²) in [7, 11) is 4.52. The Morgan fingerprint density at radius 2 is 1.52 bits per heavy atom. The zero-order valence-electron chi connectivity index (χ0n) is 13.7. The Labute approximate surface area is 134 Å². The molecule has 1 aliphatic rings. The van der Waals surface area contributed by atoms with Gasteiger partial charge in [0.05, 0.1) is 38.0 Å². The van der Waals surface area contributed by atoms with Gasteiger partial charge in [-0.05, 0) is 19.9 Å². The topological polar surface area (TPSA) is 71.1 Å². The van der Waals surface area contributed by atoms with Gasteiger partial charge < -0.3 is 18.9 Å². The fourth-order valence-corrected chi connectivity index (χ4v) is 2.33. The highest BCUT2D eigenvalue weighted by atomic mass is 16.6. The van der Waals surface area contributed by atoms with Crippen LogP contribution in [0.25, 0.3) is 6.08 Å². The summed E-state index contributed by atoms with van der Waals surface area (Å²) < 4.78 is 20.6. The van der Waals surface area contributed by atoms with Gasteiger partial charge in [0.1, 0.15) is 17.2 Å². The van der Waals surface area contributed by atoms with E-state index >= 15 is 0 Å². The van der Waals surface area contributed by atoms with Crippen LogP contribution < -0.4 is 14.2 Å². The van der Waals surface area contributed by atoms with Gasteiger partial charge in [-0.1, -0.05) is 5.57 Å².